The van der Waals surface area contributed by atoms with E-state index in [9.17, 15) is 4.79 Å². The van der Waals surface area contributed by atoms with Gasteiger partial charge in [0.1, 0.15) is 0 Å². The molecular weight excluding hydrogens is 274 g/mol. The predicted octanol–water partition coefficient (Wildman–Crippen LogP) is 2.46. The Balaban J connectivity index is 2.27. The quantitative estimate of drug-likeness (QED) is 0.926. The lowest BCUT2D eigenvalue weighted by molar-refractivity contribution is -0.136. The highest BCUT2D eigenvalue weighted by atomic mass is 16.2. The van der Waals surface area contributed by atoms with E-state index in [2.05, 4.69) is 4.98 Å². The number of carbonyl (C=O) groups excluding carboxylic acids is 1. The summed E-state index contributed by atoms with van der Waals surface area (Å²) in [4.78, 5) is 19.2. The van der Waals surface area contributed by atoms with Crippen LogP contribution in [0.15, 0.2) is 36.5 Å². The molecule has 116 valence electrons. The van der Waals surface area contributed by atoms with Gasteiger partial charge in [-0.05, 0) is 30.5 Å². The van der Waals surface area contributed by atoms with Crippen molar-refractivity contribution in [2.24, 2.45) is 5.73 Å². The van der Waals surface area contributed by atoms with E-state index >= 15 is 0 Å². The summed E-state index contributed by atoms with van der Waals surface area (Å²) >= 11 is 0. The maximum Gasteiger partial charge on any atom is 0.234 e. The third-order valence-electron chi connectivity index (χ3n) is 4.89. The molecule has 1 aliphatic rings. The first-order chi connectivity index (χ1) is 10.6. The van der Waals surface area contributed by atoms with Crippen molar-refractivity contribution in [3.8, 4) is 0 Å². The fourth-order valence-corrected chi connectivity index (χ4v) is 3.80. The number of aromatic nitrogens is 1. The van der Waals surface area contributed by atoms with E-state index in [1.54, 1.807) is 11.1 Å². The lowest BCUT2D eigenvalue weighted by Crippen LogP contribution is -2.57. The fraction of sp³-hybridized carbons (Fsp3) is 0.444. The van der Waals surface area contributed by atoms with E-state index in [-0.39, 0.29) is 11.9 Å². The highest BCUT2D eigenvalue weighted by molar-refractivity contribution is 5.95. The molecule has 1 aromatic heterocycles. The fourth-order valence-electron chi connectivity index (χ4n) is 3.80. The average Bonchev–Trinajstić information content (AvgIpc) is 2.54. The number of fused-ring (bicyclic) bond motifs is 1. The molecule has 0 radical (unpaired) electrons. The maximum absolute atomic E-state index is 13.1. The Morgan fingerprint density at radius 3 is 2.77 bits per heavy atom. The number of carbonyl (C=O) groups is 1. The highest BCUT2D eigenvalue weighted by Gasteiger charge is 2.48. The standard InChI is InChI=1S/C18H23N3O/c1-21(2)17(22)18(11-6-5-9-16(18)19)14-10-12-20-15-8-4-3-7-13(14)15/h3-4,7-8,10,12,16H,5-6,9,11,19H2,1-2H3. The molecule has 0 saturated heterocycles. The van der Waals surface area contributed by atoms with E-state index < -0.39 is 5.41 Å². The summed E-state index contributed by atoms with van der Waals surface area (Å²) in [5.74, 6) is 0.107. The van der Waals surface area contributed by atoms with E-state index in [1.165, 1.54) is 0 Å². The minimum atomic E-state index is -0.635. The molecule has 2 aromatic rings. The molecule has 4 nitrogen and oxygen atoms in total. The van der Waals surface area contributed by atoms with Gasteiger partial charge in [-0.15, -0.1) is 0 Å². The number of hydrogen-bond donors (Lipinski definition) is 1. The van der Waals surface area contributed by atoms with Gasteiger partial charge in [0.25, 0.3) is 0 Å². The van der Waals surface area contributed by atoms with Crippen LogP contribution >= 0.6 is 0 Å². The Hall–Kier alpha value is -1.94. The second kappa shape index (κ2) is 5.69. The molecule has 1 heterocycles. The third kappa shape index (κ3) is 2.18. The van der Waals surface area contributed by atoms with Gasteiger partial charge in [-0.2, -0.15) is 0 Å². The summed E-state index contributed by atoms with van der Waals surface area (Å²) in [5.41, 5.74) is 7.82. The zero-order valence-electron chi connectivity index (χ0n) is 13.2. The molecule has 1 fully saturated rings. The van der Waals surface area contributed by atoms with Crippen LogP contribution in [0.5, 0.6) is 0 Å². The lowest BCUT2D eigenvalue weighted by atomic mass is 9.64. The number of nitrogens with zero attached hydrogens (tertiary/aromatic N) is 2. The molecule has 2 N–H and O–H groups in total. The summed E-state index contributed by atoms with van der Waals surface area (Å²) in [6, 6.07) is 9.83. The monoisotopic (exact) mass is 297 g/mol. The molecule has 1 aromatic carbocycles. The van der Waals surface area contributed by atoms with Crippen molar-refractivity contribution in [3.63, 3.8) is 0 Å². The van der Waals surface area contributed by atoms with E-state index in [0.29, 0.717) is 0 Å². The second-order valence-electron chi connectivity index (χ2n) is 6.40. The van der Waals surface area contributed by atoms with Crippen LogP contribution in [0.25, 0.3) is 10.9 Å². The van der Waals surface area contributed by atoms with Crippen LogP contribution in [0.1, 0.15) is 31.2 Å². The zero-order valence-corrected chi connectivity index (χ0v) is 13.2. The van der Waals surface area contributed by atoms with Crippen LogP contribution in [-0.4, -0.2) is 35.9 Å². The molecule has 1 saturated carbocycles. The molecule has 2 unspecified atom stereocenters. The van der Waals surface area contributed by atoms with Crippen molar-refractivity contribution < 1.29 is 4.79 Å². The summed E-state index contributed by atoms with van der Waals surface area (Å²) in [6.07, 6.45) is 5.61. The Morgan fingerprint density at radius 1 is 1.27 bits per heavy atom. The largest absolute Gasteiger partial charge is 0.348 e. The topological polar surface area (TPSA) is 59.2 Å². The normalized spacial score (nSPS) is 25.1. The van der Waals surface area contributed by atoms with Crippen LogP contribution in [-0.2, 0) is 10.2 Å². The van der Waals surface area contributed by atoms with Gasteiger partial charge < -0.3 is 10.6 Å². The Labute approximate surface area is 131 Å². The average molecular weight is 297 g/mol. The van der Waals surface area contributed by atoms with Crippen molar-refractivity contribution in [1.82, 2.24) is 9.88 Å². The third-order valence-corrected chi connectivity index (χ3v) is 4.89. The van der Waals surface area contributed by atoms with Gasteiger partial charge in [0.05, 0.1) is 10.9 Å². The molecule has 22 heavy (non-hydrogen) atoms. The molecule has 2 atom stereocenters. The minimum Gasteiger partial charge on any atom is -0.348 e. The van der Waals surface area contributed by atoms with Crippen molar-refractivity contribution in [3.05, 3.63) is 42.1 Å². The maximum atomic E-state index is 13.1. The molecule has 0 aliphatic heterocycles. The molecule has 3 rings (SSSR count). The van der Waals surface area contributed by atoms with Crippen LogP contribution < -0.4 is 5.73 Å². The zero-order chi connectivity index (χ0) is 15.7. The minimum absolute atomic E-state index is 0.107. The molecular formula is C18H23N3O. The smallest absolute Gasteiger partial charge is 0.234 e. The lowest BCUT2D eigenvalue weighted by Gasteiger charge is -2.43. The van der Waals surface area contributed by atoms with E-state index in [1.807, 2.05) is 44.4 Å². The number of hydrogen-bond acceptors (Lipinski definition) is 3. The summed E-state index contributed by atoms with van der Waals surface area (Å²) < 4.78 is 0. The van der Waals surface area contributed by atoms with Gasteiger partial charge in [0.15, 0.2) is 0 Å². The van der Waals surface area contributed by atoms with Gasteiger partial charge in [-0.1, -0.05) is 31.0 Å². The Kier molecular flexibility index (Phi) is 3.87. The first kappa shape index (κ1) is 15.0. The Bertz CT molecular complexity index is 692. The van der Waals surface area contributed by atoms with Crippen LogP contribution in [0, 0.1) is 0 Å². The number of pyridine rings is 1. The van der Waals surface area contributed by atoms with Crippen LogP contribution in [0.3, 0.4) is 0 Å². The number of amides is 1. The molecule has 1 aliphatic carbocycles. The number of benzene rings is 1. The van der Waals surface area contributed by atoms with Crippen molar-refractivity contribution in [1.29, 1.82) is 0 Å². The SMILES string of the molecule is CN(C)C(=O)C1(c2ccnc3ccccc23)CCCCC1N. The van der Waals surface area contributed by atoms with Gasteiger partial charge >= 0.3 is 0 Å². The summed E-state index contributed by atoms with van der Waals surface area (Å²) in [7, 11) is 3.63. The van der Waals surface area contributed by atoms with Crippen molar-refractivity contribution >= 4 is 16.8 Å². The predicted molar refractivity (Wildman–Crippen MR) is 88.6 cm³/mol. The molecule has 0 spiro atoms. The van der Waals surface area contributed by atoms with Gasteiger partial charge in [-0.25, -0.2) is 0 Å². The first-order valence-electron chi connectivity index (χ1n) is 7.89. The van der Waals surface area contributed by atoms with E-state index in [4.69, 9.17) is 5.73 Å². The summed E-state index contributed by atoms with van der Waals surface area (Å²) in [5, 5.41) is 1.04. The number of para-hydroxylation sites is 1. The number of likely N-dealkylation sites (N-methyl/N-ethyl adjacent to an activating group) is 1. The summed E-state index contributed by atoms with van der Waals surface area (Å²) in [6.45, 7) is 0. The first-order valence-corrected chi connectivity index (χ1v) is 7.89. The van der Waals surface area contributed by atoms with Crippen molar-refractivity contribution in [2.45, 2.75) is 37.1 Å². The van der Waals surface area contributed by atoms with Gasteiger partial charge in [-0.3, -0.25) is 9.78 Å². The molecule has 4 heteroatoms. The number of nitrogens with two attached hydrogens (primary N) is 1. The van der Waals surface area contributed by atoms with Crippen molar-refractivity contribution in [2.75, 3.05) is 14.1 Å². The van der Waals surface area contributed by atoms with Gasteiger partial charge in [0.2, 0.25) is 5.91 Å². The molecule has 0 bridgehead atoms. The van der Waals surface area contributed by atoms with Crippen LogP contribution in [0.2, 0.25) is 0 Å². The van der Waals surface area contributed by atoms with E-state index in [0.717, 1.165) is 42.1 Å². The van der Waals surface area contributed by atoms with Gasteiger partial charge in [0, 0.05) is 31.7 Å². The number of rotatable bonds is 2. The van der Waals surface area contributed by atoms with Crippen LogP contribution in [0.4, 0.5) is 0 Å². The highest BCUT2D eigenvalue weighted by Crippen LogP contribution is 2.42. The second-order valence-corrected chi connectivity index (χ2v) is 6.40. The molecule has 1 amide bonds. The Morgan fingerprint density at radius 2 is 2.05 bits per heavy atom.